The summed E-state index contributed by atoms with van der Waals surface area (Å²) in [5, 5.41) is 0. The molecular weight excluding hydrogens is 238 g/mol. The molecule has 0 N–H and O–H groups in total. The maximum absolute atomic E-state index is 12.2. The molecule has 0 aromatic rings. The van der Waals surface area contributed by atoms with Crippen molar-refractivity contribution in [2.45, 2.75) is 45.6 Å². The number of rotatable bonds is 6. The second-order valence-corrected chi connectivity index (χ2v) is 7.03. The predicted molar refractivity (Wildman–Crippen MR) is 69.5 cm³/mol. The minimum Gasteiger partial charge on any atom is -0.385 e. The van der Waals surface area contributed by atoms with Gasteiger partial charge >= 0.3 is 0 Å². The number of sulfonamides is 1. The van der Waals surface area contributed by atoms with Crippen LogP contribution in [0.4, 0.5) is 0 Å². The van der Waals surface area contributed by atoms with Crippen molar-refractivity contribution in [1.29, 1.82) is 0 Å². The van der Waals surface area contributed by atoms with Gasteiger partial charge in [-0.1, -0.05) is 6.92 Å². The predicted octanol–water partition coefficient (Wildman–Crippen LogP) is 1.86. The van der Waals surface area contributed by atoms with Gasteiger partial charge in [-0.2, -0.15) is 4.31 Å². The average molecular weight is 263 g/mol. The van der Waals surface area contributed by atoms with Crippen molar-refractivity contribution in [3.05, 3.63) is 0 Å². The lowest BCUT2D eigenvalue weighted by atomic mass is 9.94. The van der Waals surface area contributed by atoms with Crippen LogP contribution in [0.15, 0.2) is 0 Å². The zero-order valence-electron chi connectivity index (χ0n) is 11.2. The molecule has 0 aromatic heterocycles. The van der Waals surface area contributed by atoms with Crippen molar-refractivity contribution in [3.63, 3.8) is 0 Å². The topological polar surface area (TPSA) is 46.6 Å². The lowest BCUT2D eigenvalue weighted by molar-refractivity contribution is 0.192. The van der Waals surface area contributed by atoms with E-state index in [1.165, 1.54) is 0 Å². The van der Waals surface area contributed by atoms with Gasteiger partial charge in [-0.25, -0.2) is 8.42 Å². The first-order valence-corrected chi connectivity index (χ1v) is 8.08. The molecule has 2 atom stereocenters. The molecule has 0 saturated carbocycles. The maximum atomic E-state index is 12.2. The van der Waals surface area contributed by atoms with Crippen molar-refractivity contribution in [1.82, 2.24) is 4.31 Å². The summed E-state index contributed by atoms with van der Waals surface area (Å²) in [5.41, 5.74) is 0. The van der Waals surface area contributed by atoms with Crippen LogP contribution < -0.4 is 0 Å². The second-order valence-electron chi connectivity index (χ2n) is 4.99. The van der Waals surface area contributed by atoms with E-state index in [0.29, 0.717) is 25.5 Å². The van der Waals surface area contributed by atoms with Crippen LogP contribution >= 0.6 is 0 Å². The summed E-state index contributed by atoms with van der Waals surface area (Å²) in [7, 11) is -1.43. The molecule has 0 aliphatic carbocycles. The van der Waals surface area contributed by atoms with E-state index in [9.17, 15) is 8.42 Å². The third-order valence-electron chi connectivity index (χ3n) is 3.67. The second kappa shape index (κ2) is 6.71. The maximum Gasteiger partial charge on any atom is 0.214 e. The standard InChI is InChI=1S/C12H25NO3S/c1-11-7-6-8-13(12(11)2)17(14,15)10-5-4-9-16-3/h11-12H,4-10H2,1-3H3. The van der Waals surface area contributed by atoms with Crippen molar-refractivity contribution >= 4 is 10.0 Å². The first-order chi connectivity index (χ1) is 7.99. The first kappa shape index (κ1) is 14.9. The van der Waals surface area contributed by atoms with Crippen LogP contribution in [0, 0.1) is 5.92 Å². The Kier molecular flexibility index (Phi) is 5.89. The van der Waals surface area contributed by atoms with Gasteiger partial charge < -0.3 is 4.74 Å². The quantitative estimate of drug-likeness (QED) is 0.687. The summed E-state index contributed by atoms with van der Waals surface area (Å²) in [4.78, 5) is 0. The molecule has 1 aliphatic heterocycles. The third kappa shape index (κ3) is 4.23. The largest absolute Gasteiger partial charge is 0.385 e. The monoisotopic (exact) mass is 263 g/mol. The Morgan fingerprint density at radius 1 is 1.29 bits per heavy atom. The Balaban J connectivity index is 2.51. The number of unbranched alkanes of at least 4 members (excludes halogenated alkanes) is 1. The van der Waals surface area contributed by atoms with Gasteiger partial charge in [-0.05, 0) is 38.5 Å². The fourth-order valence-corrected chi connectivity index (χ4v) is 4.26. The van der Waals surface area contributed by atoms with Crippen molar-refractivity contribution in [3.8, 4) is 0 Å². The summed E-state index contributed by atoms with van der Waals surface area (Å²) in [5.74, 6) is 0.727. The van der Waals surface area contributed by atoms with E-state index >= 15 is 0 Å². The fourth-order valence-electron chi connectivity index (χ4n) is 2.34. The lowest BCUT2D eigenvalue weighted by Crippen LogP contribution is -2.46. The summed E-state index contributed by atoms with van der Waals surface area (Å²) >= 11 is 0. The lowest BCUT2D eigenvalue weighted by Gasteiger charge is -2.36. The number of methoxy groups -OCH3 is 1. The van der Waals surface area contributed by atoms with E-state index in [0.717, 1.165) is 19.3 Å². The number of hydrogen-bond donors (Lipinski definition) is 0. The molecule has 0 aromatic carbocycles. The number of nitrogens with zero attached hydrogens (tertiary/aromatic N) is 1. The molecule has 1 saturated heterocycles. The number of piperidine rings is 1. The molecule has 5 heteroatoms. The molecule has 2 unspecified atom stereocenters. The Bertz CT molecular complexity index is 316. The normalized spacial score (nSPS) is 27.2. The van der Waals surface area contributed by atoms with Gasteiger partial charge in [0, 0.05) is 26.3 Å². The molecule has 0 radical (unpaired) electrons. The van der Waals surface area contributed by atoms with E-state index in [1.807, 2.05) is 6.92 Å². The third-order valence-corrected chi connectivity index (χ3v) is 5.71. The van der Waals surface area contributed by atoms with Crippen molar-refractivity contribution in [2.75, 3.05) is 26.0 Å². The smallest absolute Gasteiger partial charge is 0.214 e. The molecule has 0 spiro atoms. The van der Waals surface area contributed by atoms with Gasteiger partial charge in [0.15, 0.2) is 0 Å². The van der Waals surface area contributed by atoms with Gasteiger partial charge in [0.05, 0.1) is 5.75 Å². The van der Waals surface area contributed by atoms with Gasteiger partial charge in [0.2, 0.25) is 10.0 Å². The molecule has 102 valence electrons. The Hall–Kier alpha value is -0.130. The van der Waals surface area contributed by atoms with E-state index in [2.05, 4.69) is 6.92 Å². The number of ether oxygens (including phenoxy) is 1. The Labute approximate surface area is 105 Å². The van der Waals surface area contributed by atoms with Crippen LogP contribution in [0.2, 0.25) is 0 Å². The Morgan fingerprint density at radius 3 is 2.65 bits per heavy atom. The molecule has 17 heavy (non-hydrogen) atoms. The minimum atomic E-state index is -3.07. The summed E-state index contributed by atoms with van der Waals surface area (Å²) in [6.45, 7) is 5.49. The highest BCUT2D eigenvalue weighted by molar-refractivity contribution is 7.89. The van der Waals surface area contributed by atoms with Gasteiger partial charge in [0.25, 0.3) is 0 Å². The van der Waals surface area contributed by atoms with Crippen molar-refractivity contribution in [2.24, 2.45) is 5.92 Å². The minimum absolute atomic E-state index is 0.149. The summed E-state index contributed by atoms with van der Waals surface area (Å²) in [6, 6.07) is 0.149. The highest BCUT2D eigenvalue weighted by Gasteiger charge is 2.32. The van der Waals surface area contributed by atoms with Gasteiger partial charge in [-0.15, -0.1) is 0 Å². The van der Waals surface area contributed by atoms with Crippen LogP contribution in [0.5, 0.6) is 0 Å². The summed E-state index contributed by atoms with van der Waals surface area (Å²) in [6.07, 6.45) is 3.63. The highest BCUT2D eigenvalue weighted by atomic mass is 32.2. The van der Waals surface area contributed by atoms with E-state index in [1.54, 1.807) is 11.4 Å². The number of hydrogen-bond acceptors (Lipinski definition) is 3. The van der Waals surface area contributed by atoms with Crippen LogP contribution in [0.1, 0.15) is 39.5 Å². The Morgan fingerprint density at radius 2 is 2.00 bits per heavy atom. The highest BCUT2D eigenvalue weighted by Crippen LogP contribution is 2.25. The van der Waals surface area contributed by atoms with Crippen molar-refractivity contribution < 1.29 is 13.2 Å². The molecule has 0 bridgehead atoms. The zero-order valence-corrected chi connectivity index (χ0v) is 12.0. The van der Waals surface area contributed by atoms with Crippen LogP contribution in [0.25, 0.3) is 0 Å². The van der Waals surface area contributed by atoms with Crippen LogP contribution in [0.3, 0.4) is 0 Å². The molecular formula is C12H25NO3S. The first-order valence-electron chi connectivity index (χ1n) is 6.47. The molecule has 1 rings (SSSR count). The zero-order chi connectivity index (χ0) is 12.9. The SMILES string of the molecule is COCCCCS(=O)(=O)N1CCCC(C)C1C. The van der Waals surface area contributed by atoms with Crippen LogP contribution in [-0.2, 0) is 14.8 Å². The summed E-state index contributed by atoms with van der Waals surface area (Å²) < 4.78 is 31.0. The molecule has 1 fully saturated rings. The van der Waals surface area contributed by atoms with E-state index in [4.69, 9.17) is 4.74 Å². The fraction of sp³-hybridized carbons (Fsp3) is 1.00. The molecule has 0 amide bonds. The van der Waals surface area contributed by atoms with E-state index < -0.39 is 10.0 Å². The van der Waals surface area contributed by atoms with Gasteiger partial charge in [-0.3, -0.25) is 0 Å². The van der Waals surface area contributed by atoms with E-state index in [-0.39, 0.29) is 11.8 Å². The van der Waals surface area contributed by atoms with Gasteiger partial charge in [0.1, 0.15) is 0 Å². The molecule has 4 nitrogen and oxygen atoms in total. The molecule has 1 aliphatic rings. The van der Waals surface area contributed by atoms with Crippen LogP contribution in [-0.4, -0.2) is 44.8 Å². The average Bonchev–Trinajstić information content (AvgIpc) is 2.28. The molecule has 1 heterocycles.